The minimum absolute atomic E-state index is 0. The molecule has 7 rings (SSSR count). The number of benzene rings is 3. The molecule has 0 bridgehead atoms. The van der Waals surface area contributed by atoms with Crippen LogP contribution >= 0.6 is 27.0 Å². The number of nitrogens with zero attached hydrogens (tertiary/aromatic N) is 6. The molecular weight excluding hydrogens is 598 g/mol. The maximum absolute atomic E-state index is 13.7. The quantitative estimate of drug-likeness (QED) is 0.274. The van der Waals surface area contributed by atoms with Crippen molar-refractivity contribution in [1.82, 2.24) is 29.5 Å². The van der Waals surface area contributed by atoms with Crippen LogP contribution in [0.25, 0.3) is 21.8 Å². The van der Waals surface area contributed by atoms with Gasteiger partial charge in [-0.25, -0.2) is 14.4 Å². The minimum atomic E-state index is -0.260. The van der Waals surface area contributed by atoms with Gasteiger partial charge >= 0.3 is 0 Å². The van der Waals surface area contributed by atoms with E-state index in [4.69, 9.17) is 4.74 Å². The highest BCUT2D eigenvalue weighted by Gasteiger charge is 2.41. The van der Waals surface area contributed by atoms with Crippen LogP contribution in [-0.2, 0) is 17.8 Å². The molecule has 3 aromatic carbocycles. The van der Waals surface area contributed by atoms with Gasteiger partial charge in [-0.3, -0.25) is 9.48 Å². The van der Waals surface area contributed by atoms with E-state index in [0.29, 0.717) is 30.1 Å². The number of anilines is 2. The van der Waals surface area contributed by atoms with Gasteiger partial charge in [0.15, 0.2) is 0 Å². The number of rotatable bonds is 7. The van der Waals surface area contributed by atoms with E-state index in [1.54, 1.807) is 19.4 Å². The van der Waals surface area contributed by atoms with Crippen LogP contribution in [0.5, 0.6) is 5.75 Å². The molecule has 4 heterocycles. The number of fused-ring (bicyclic) bond motifs is 3. The Hall–Kier alpha value is -3.87. The molecule has 9 nitrogen and oxygen atoms in total. The Morgan fingerprint density at radius 3 is 2.75 bits per heavy atom. The summed E-state index contributed by atoms with van der Waals surface area (Å²) in [6.45, 7) is 3.19. The summed E-state index contributed by atoms with van der Waals surface area (Å²) in [6, 6.07) is 16.8. The molecule has 0 radical (unpaired) electrons. The van der Waals surface area contributed by atoms with Crippen molar-refractivity contribution in [2.75, 3.05) is 39.1 Å². The normalized spacial score (nSPS) is 17.8. The summed E-state index contributed by atoms with van der Waals surface area (Å²) in [5, 5.41) is 9.71. The Balaban J connectivity index is 0.00000192. The van der Waals surface area contributed by atoms with Crippen molar-refractivity contribution in [3.05, 3.63) is 84.1 Å². The number of carbonyl (C=O) groups is 1. The predicted molar refractivity (Wildman–Crippen MR) is 180 cm³/mol. The van der Waals surface area contributed by atoms with E-state index in [0.717, 1.165) is 64.7 Å². The molecule has 2 saturated heterocycles. The topological polar surface area (TPSA) is 88.4 Å². The maximum Gasteiger partial charge on any atom is 0.227 e. The van der Waals surface area contributed by atoms with Gasteiger partial charge in [0, 0.05) is 47.2 Å². The number of nitrogens with one attached hydrogen (secondary N) is 1. The lowest BCUT2D eigenvalue weighted by Crippen LogP contribution is -2.35. The Bertz CT molecular complexity index is 1820. The SMILES string of the molecule is COc1cc2ncnc(Nc3ccc4c(cnn4Cc4cccc(F)c4)c3)c2cc1CC(=O)N1C[C@@H]2CCN(C)[C@@H]2C1.S.S. The second-order valence-corrected chi connectivity index (χ2v) is 11.3. The molecule has 44 heavy (non-hydrogen) atoms. The molecule has 0 spiro atoms. The van der Waals surface area contributed by atoms with E-state index in [9.17, 15) is 9.18 Å². The largest absolute Gasteiger partial charge is 0.496 e. The first-order valence-electron chi connectivity index (χ1n) is 14.2. The first-order chi connectivity index (χ1) is 20.4. The van der Waals surface area contributed by atoms with Crippen LogP contribution in [0, 0.1) is 11.7 Å². The van der Waals surface area contributed by atoms with Gasteiger partial charge < -0.3 is 19.9 Å². The molecular formula is C32H36FN7O2S2. The smallest absolute Gasteiger partial charge is 0.227 e. The van der Waals surface area contributed by atoms with Gasteiger partial charge in [0.1, 0.15) is 23.7 Å². The highest BCUT2D eigenvalue weighted by Crippen LogP contribution is 2.33. The lowest BCUT2D eigenvalue weighted by Gasteiger charge is -2.21. The number of aromatic nitrogens is 4. The molecule has 12 heteroatoms. The highest BCUT2D eigenvalue weighted by atomic mass is 32.1. The number of amides is 1. The molecule has 1 N–H and O–H groups in total. The number of likely N-dealkylation sites (N-methyl/N-ethyl adjacent to an activating group) is 1. The van der Waals surface area contributed by atoms with E-state index < -0.39 is 0 Å². The number of hydrogen-bond acceptors (Lipinski definition) is 7. The van der Waals surface area contributed by atoms with Crippen molar-refractivity contribution in [1.29, 1.82) is 0 Å². The molecule has 2 aliphatic rings. The average Bonchev–Trinajstić information content (AvgIpc) is 3.69. The predicted octanol–water partition coefficient (Wildman–Crippen LogP) is 4.85. The van der Waals surface area contributed by atoms with E-state index in [1.807, 2.05) is 46.0 Å². The number of hydrogen-bond donors (Lipinski definition) is 1. The lowest BCUT2D eigenvalue weighted by atomic mass is 10.1. The summed E-state index contributed by atoms with van der Waals surface area (Å²) < 4.78 is 21.2. The van der Waals surface area contributed by atoms with Crippen molar-refractivity contribution in [2.24, 2.45) is 5.92 Å². The summed E-state index contributed by atoms with van der Waals surface area (Å²) in [5.41, 5.74) is 4.17. The Morgan fingerprint density at radius 2 is 1.95 bits per heavy atom. The summed E-state index contributed by atoms with van der Waals surface area (Å²) in [5.74, 6) is 1.70. The molecule has 0 aliphatic carbocycles. The summed E-state index contributed by atoms with van der Waals surface area (Å²) in [7, 11) is 3.77. The van der Waals surface area contributed by atoms with Gasteiger partial charge in [-0.05, 0) is 67.9 Å². The second-order valence-electron chi connectivity index (χ2n) is 11.3. The maximum atomic E-state index is 13.7. The molecule has 0 saturated carbocycles. The highest BCUT2D eigenvalue weighted by molar-refractivity contribution is 7.59. The zero-order chi connectivity index (χ0) is 28.8. The van der Waals surface area contributed by atoms with Gasteiger partial charge in [-0.1, -0.05) is 12.1 Å². The lowest BCUT2D eigenvalue weighted by molar-refractivity contribution is -0.129. The van der Waals surface area contributed by atoms with Crippen LogP contribution in [0.2, 0.25) is 0 Å². The van der Waals surface area contributed by atoms with Crippen LogP contribution in [0.4, 0.5) is 15.9 Å². The van der Waals surface area contributed by atoms with E-state index in [2.05, 4.69) is 32.3 Å². The van der Waals surface area contributed by atoms with Crippen LogP contribution in [0.1, 0.15) is 17.5 Å². The first kappa shape index (κ1) is 31.6. The van der Waals surface area contributed by atoms with Gasteiger partial charge in [-0.15, -0.1) is 0 Å². The van der Waals surface area contributed by atoms with Crippen molar-refractivity contribution < 1.29 is 13.9 Å². The molecule has 2 fully saturated rings. The fraction of sp³-hybridized carbons (Fsp3) is 0.312. The van der Waals surface area contributed by atoms with Gasteiger partial charge in [0.25, 0.3) is 0 Å². The summed E-state index contributed by atoms with van der Waals surface area (Å²) in [4.78, 5) is 26.7. The van der Waals surface area contributed by atoms with Gasteiger partial charge in [0.2, 0.25) is 5.91 Å². The van der Waals surface area contributed by atoms with Crippen molar-refractivity contribution in [2.45, 2.75) is 25.4 Å². The molecule has 2 aromatic heterocycles. The third-order valence-corrected chi connectivity index (χ3v) is 8.68. The molecule has 2 atom stereocenters. The van der Waals surface area contributed by atoms with Crippen LogP contribution < -0.4 is 10.1 Å². The number of likely N-dealkylation sites (tertiary alicyclic amines) is 2. The zero-order valence-electron chi connectivity index (χ0n) is 24.6. The minimum Gasteiger partial charge on any atom is -0.496 e. The summed E-state index contributed by atoms with van der Waals surface area (Å²) in [6.07, 6.45) is 4.73. The molecule has 1 amide bonds. The molecule has 5 aromatic rings. The Labute approximate surface area is 269 Å². The average molecular weight is 634 g/mol. The van der Waals surface area contributed by atoms with Crippen LogP contribution in [0.3, 0.4) is 0 Å². The Morgan fingerprint density at radius 1 is 1.09 bits per heavy atom. The fourth-order valence-corrected chi connectivity index (χ4v) is 6.44. The monoisotopic (exact) mass is 633 g/mol. The number of halogens is 1. The van der Waals surface area contributed by atoms with Crippen molar-refractivity contribution >= 4 is 66.2 Å². The molecule has 2 aliphatic heterocycles. The number of methoxy groups -OCH3 is 1. The standard InChI is InChI=1S/C32H32FN7O2.2H2S/c1-38-9-8-21-17-39(18-29(21)38)31(41)13-22-12-26-27(14-30(22)42-2)34-19-35-32(26)37-25-6-7-28-23(11-25)15-36-40(28)16-20-4-3-5-24(33)10-20;;/h3-7,10-12,14-15,19,21,29H,8-9,13,16-18H2,1-2H3,(H,34,35,37);2*1H2/t21-,29+;;/m0../s1. The Kier molecular flexibility index (Phi) is 9.33. The van der Waals surface area contributed by atoms with Crippen molar-refractivity contribution in [3.8, 4) is 5.75 Å². The molecule has 230 valence electrons. The van der Waals surface area contributed by atoms with E-state index >= 15 is 0 Å². The van der Waals surface area contributed by atoms with Crippen LogP contribution in [0.15, 0.2) is 67.1 Å². The zero-order valence-corrected chi connectivity index (χ0v) is 26.6. The third kappa shape index (κ3) is 6.06. The molecule has 0 unspecified atom stereocenters. The number of ether oxygens (including phenoxy) is 1. The third-order valence-electron chi connectivity index (χ3n) is 8.68. The van der Waals surface area contributed by atoms with Gasteiger partial charge in [-0.2, -0.15) is 32.1 Å². The summed E-state index contributed by atoms with van der Waals surface area (Å²) >= 11 is 0. The van der Waals surface area contributed by atoms with E-state index in [-0.39, 0.29) is 45.1 Å². The van der Waals surface area contributed by atoms with E-state index in [1.165, 1.54) is 18.5 Å². The first-order valence-corrected chi connectivity index (χ1v) is 14.2. The number of carbonyl (C=O) groups excluding carboxylic acids is 1. The van der Waals surface area contributed by atoms with Crippen molar-refractivity contribution in [3.63, 3.8) is 0 Å². The fourth-order valence-electron chi connectivity index (χ4n) is 6.44. The van der Waals surface area contributed by atoms with Crippen LogP contribution in [-0.4, -0.2) is 75.3 Å². The van der Waals surface area contributed by atoms with Gasteiger partial charge in [0.05, 0.1) is 37.3 Å². The second kappa shape index (κ2) is 13.0.